The zero-order valence-electron chi connectivity index (χ0n) is 17.5. The van der Waals surface area contributed by atoms with Gasteiger partial charge in [-0.05, 0) is 51.0 Å². The van der Waals surface area contributed by atoms with Crippen LogP contribution in [-0.2, 0) is 9.53 Å². The van der Waals surface area contributed by atoms with Crippen LogP contribution in [0.25, 0.3) is 11.0 Å². The van der Waals surface area contributed by atoms with Crippen molar-refractivity contribution in [3.63, 3.8) is 0 Å². The van der Waals surface area contributed by atoms with E-state index in [1.807, 2.05) is 0 Å². The second-order valence-electron chi connectivity index (χ2n) is 7.90. The summed E-state index contributed by atoms with van der Waals surface area (Å²) >= 11 is 5.94. The minimum Gasteiger partial charge on any atom is -0.444 e. The first-order valence-corrected chi connectivity index (χ1v) is 9.92. The molecule has 2 aromatic carbocycles. The Bertz CT molecular complexity index is 1180. The fraction of sp³-hybridized carbons (Fsp3) is 0.261. The van der Waals surface area contributed by atoms with Crippen LogP contribution in [-0.4, -0.2) is 17.7 Å². The number of fused-ring (bicyclic) bond motifs is 1. The van der Waals surface area contributed by atoms with E-state index >= 15 is 0 Å². The number of carbonyl (C=O) groups excluding carboxylic acids is 2. The van der Waals surface area contributed by atoms with E-state index in [-0.39, 0.29) is 16.4 Å². The van der Waals surface area contributed by atoms with Crippen LogP contribution in [0, 0.1) is 6.92 Å². The van der Waals surface area contributed by atoms with Crippen molar-refractivity contribution >= 4 is 34.6 Å². The molecular formula is C23H22ClNO6. The van der Waals surface area contributed by atoms with Crippen LogP contribution in [0.15, 0.2) is 57.7 Å². The summed E-state index contributed by atoms with van der Waals surface area (Å²) < 4.78 is 15.9. The Morgan fingerprint density at radius 1 is 1.10 bits per heavy atom. The van der Waals surface area contributed by atoms with E-state index < -0.39 is 29.3 Å². The molecule has 0 fully saturated rings. The van der Waals surface area contributed by atoms with Gasteiger partial charge < -0.3 is 19.2 Å². The number of alkyl carbamates (subject to hydrolysis) is 1. The van der Waals surface area contributed by atoms with E-state index in [0.29, 0.717) is 16.5 Å². The molecule has 1 aromatic heterocycles. The van der Waals surface area contributed by atoms with Crippen LogP contribution in [0.5, 0.6) is 5.75 Å². The minimum atomic E-state index is -1.11. The SMILES string of the molecule is Cc1c(Cl)c(=O)oc2cc(OC(=O)[C@@H](NC(=O)OC(C)(C)C)c3ccccc3)ccc12. The smallest absolute Gasteiger partial charge is 0.408 e. The molecule has 0 saturated heterocycles. The first-order chi connectivity index (χ1) is 14.5. The highest BCUT2D eigenvalue weighted by Gasteiger charge is 2.27. The quantitative estimate of drug-likeness (QED) is 0.349. The highest BCUT2D eigenvalue weighted by Crippen LogP contribution is 2.27. The van der Waals surface area contributed by atoms with E-state index in [9.17, 15) is 14.4 Å². The predicted octanol–water partition coefficient (Wildman–Crippen LogP) is 4.93. The Hall–Kier alpha value is -3.32. The van der Waals surface area contributed by atoms with Crippen LogP contribution in [0.3, 0.4) is 0 Å². The third kappa shape index (κ3) is 5.44. The second kappa shape index (κ2) is 8.81. The molecule has 1 amide bonds. The lowest BCUT2D eigenvalue weighted by atomic mass is 10.1. The molecule has 3 aromatic rings. The number of carbonyl (C=O) groups is 2. The Balaban J connectivity index is 1.88. The van der Waals surface area contributed by atoms with Gasteiger partial charge in [-0.3, -0.25) is 0 Å². The van der Waals surface area contributed by atoms with Crippen molar-refractivity contribution in [1.29, 1.82) is 0 Å². The molecule has 0 radical (unpaired) electrons. The van der Waals surface area contributed by atoms with E-state index in [2.05, 4.69) is 5.32 Å². The van der Waals surface area contributed by atoms with Crippen molar-refractivity contribution in [2.24, 2.45) is 0 Å². The number of esters is 1. The van der Waals surface area contributed by atoms with Gasteiger partial charge in [0.2, 0.25) is 0 Å². The standard InChI is InChI=1S/C23H22ClNO6/c1-13-16-11-10-15(12-17(16)30-20(26)18(13)24)29-21(27)19(14-8-6-5-7-9-14)25-22(28)31-23(2,3)4/h5-12,19H,1-4H3,(H,25,28)/t19-/m0/s1. The van der Waals surface area contributed by atoms with Crippen molar-refractivity contribution in [2.45, 2.75) is 39.3 Å². The second-order valence-corrected chi connectivity index (χ2v) is 8.28. The maximum Gasteiger partial charge on any atom is 0.408 e. The maximum atomic E-state index is 12.9. The largest absolute Gasteiger partial charge is 0.444 e. The van der Waals surface area contributed by atoms with Crippen molar-refractivity contribution in [3.05, 3.63) is 75.1 Å². The molecule has 31 heavy (non-hydrogen) atoms. The fourth-order valence-electron chi connectivity index (χ4n) is 2.90. The van der Waals surface area contributed by atoms with Gasteiger partial charge in [0.05, 0.1) is 0 Å². The van der Waals surface area contributed by atoms with Crippen LogP contribution in [0.4, 0.5) is 4.79 Å². The number of aryl methyl sites for hydroxylation is 1. The molecular weight excluding hydrogens is 422 g/mol. The number of hydrogen-bond acceptors (Lipinski definition) is 6. The molecule has 162 valence electrons. The average Bonchev–Trinajstić information content (AvgIpc) is 2.69. The summed E-state index contributed by atoms with van der Waals surface area (Å²) in [7, 11) is 0. The van der Waals surface area contributed by atoms with Gasteiger partial charge in [-0.1, -0.05) is 41.9 Å². The van der Waals surface area contributed by atoms with Crippen molar-refractivity contribution in [3.8, 4) is 5.75 Å². The number of amides is 1. The molecule has 1 heterocycles. The van der Waals surface area contributed by atoms with Gasteiger partial charge in [-0.15, -0.1) is 0 Å². The number of hydrogen-bond donors (Lipinski definition) is 1. The Labute approximate surface area is 183 Å². The zero-order valence-corrected chi connectivity index (χ0v) is 18.3. The first-order valence-electron chi connectivity index (χ1n) is 9.54. The molecule has 7 nitrogen and oxygen atoms in total. The summed E-state index contributed by atoms with van der Waals surface area (Å²) in [6.45, 7) is 6.86. The van der Waals surface area contributed by atoms with Gasteiger partial charge in [0.25, 0.3) is 0 Å². The van der Waals surface area contributed by atoms with Crippen LogP contribution in [0.1, 0.15) is 37.9 Å². The van der Waals surface area contributed by atoms with Crippen LogP contribution >= 0.6 is 11.6 Å². The Morgan fingerprint density at radius 3 is 2.42 bits per heavy atom. The first kappa shape index (κ1) is 22.4. The number of nitrogens with one attached hydrogen (secondary N) is 1. The van der Waals surface area contributed by atoms with Gasteiger partial charge in [-0.2, -0.15) is 0 Å². The van der Waals surface area contributed by atoms with Crippen molar-refractivity contribution < 1.29 is 23.5 Å². The van der Waals surface area contributed by atoms with Gasteiger partial charge in [0.15, 0.2) is 6.04 Å². The molecule has 0 aliphatic rings. The van der Waals surface area contributed by atoms with Gasteiger partial charge in [-0.25, -0.2) is 14.4 Å². The maximum absolute atomic E-state index is 12.9. The summed E-state index contributed by atoms with van der Waals surface area (Å²) in [6, 6.07) is 12.2. The number of halogens is 1. The highest BCUT2D eigenvalue weighted by molar-refractivity contribution is 6.31. The lowest BCUT2D eigenvalue weighted by molar-refractivity contribution is -0.137. The predicted molar refractivity (Wildman–Crippen MR) is 116 cm³/mol. The summed E-state index contributed by atoms with van der Waals surface area (Å²) in [4.78, 5) is 37.1. The molecule has 0 aliphatic carbocycles. The monoisotopic (exact) mass is 443 g/mol. The summed E-state index contributed by atoms with van der Waals surface area (Å²) in [6.07, 6.45) is -0.756. The molecule has 0 saturated carbocycles. The lowest BCUT2D eigenvalue weighted by Gasteiger charge is -2.23. The molecule has 8 heteroatoms. The van der Waals surface area contributed by atoms with E-state index in [4.69, 9.17) is 25.5 Å². The number of rotatable bonds is 4. The molecule has 1 atom stereocenters. The molecule has 0 bridgehead atoms. The fourth-order valence-corrected chi connectivity index (χ4v) is 3.04. The third-order valence-corrected chi connectivity index (χ3v) is 4.75. The highest BCUT2D eigenvalue weighted by atomic mass is 35.5. The van der Waals surface area contributed by atoms with E-state index in [1.165, 1.54) is 6.07 Å². The van der Waals surface area contributed by atoms with Crippen molar-refractivity contribution in [1.82, 2.24) is 5.32 Å². The molecule has 3 rings (SSSR count). The normalized spacial score (nSPS) is 12.3. The topological polar surface area (TPSA) is 94.8 Å². The van der Waals surface area contributed by atoms with Gasteiger partial charge >= 0.3 is 17.7 Å². The molecule has 1 N–H and O–H groups in total. The van der Waals surface area contributed by atoms with Gasteiger partial charge in [0.1, 0.15) is 22.0 Å². The summed E-state index contributed by atoms with van der Waals surface area (Å²) in [5.74, 6) is -0.585. The van der Waals surface area contributed by atoms with Gasteiger partial charge in [0, 0.05) is 11.5 Å². The van der Waals surface area contributed by atoms with Crippen LogP contribution < -0.4 is 15.7 Å². The van der Waals surface area contributed by atoms with Crippen LogP contribution in [0.2, 0.25) is 5.02 Å². The van der Waals surface area contributed by atoms with E-state index in [0.717, 1.165) is 0 Å². The minimum absolute atomic E-state index is 0.00273. The lowest BCUT2D eigenvalue weighted by Crippen LogP contribution is -2.39. The Kier molecular flexibility index (Phi) is 6.36. The van der Waals surface area contributed by atoms with Crippen molar-refractivity contribution in [2.75, 3.05) is 0 Å². The number of benzene rings is 2. The van der Waals surface area contributed by atoms with E-state index in [1.54, 1.807) is 70.2 Å². The average molecular weight is 444 g/mol. The molecule has 0 aliphatic heterocycles. The zero-order chi connectivity index (χ0) is 22.8. The molecule has 0 spiro atoms. The summed E-state index contributed by atoms with van der Waals surface area (Å²) in [5, 5.41) is 3.17. The summed E-state index contributed by atoms with van der Waals surface area (Å²) in [5.41, 5.74) is -0.0881. The number of ether oxygens (including phenoxy) is 2. The third-order valence-electron chi connectivity index (χ3n) is 4.32. The molecule has 0 unspecified atom stereocenters. The Morgan fingerprint density at radius 2 is 1.77 bits per heavy atom.